The highest BCUT2D eigenvalue weighted by Gasteiger charge is 2.22. The smallest absolute Gasteiger partial charge is 0.228 e. The number of hydrogen-bond acceptors (Lipinski definition) is 3. The number of para-hydroxylation sites is 1. The van der Waals surface area contributed by atoms with Crippen LogP contribution in [-0.2, 0) is 16.0 Å². The predicted octanol–water partition coefficient (Wildman–Crippen LogP) is 0.901. The molecule has 1 heterocycles. The number of hydrogen-bond donors (Lipinski definition) is 0. The second-order valence-corrected chi connectivity index (χ2v) is 4.53. The molecule has 5 heteroatoms. The summed E-state index contributed by atoms with van der Waals surface area (Å²) in [7, 11) is 0. The molecule has 1 aliphatic rings. The molecule has 0 spiro atoms. The van der Waals surface area contributed by atoms with Gasteiger partial charge in [-0.05, 0) is 18.1 Å². The van der Waals surface area contributed by atoms with E-state index in [0.29, 0.717) is 26.2 Å². The van der Waals surface area contributed by atoms with Gasteiger partial charge in [-0.2, -0.15) is 0 Å². The topological polar surface area (TPSA) is 43.9 Å². The van der Waals surface area contributed by atoms with Crippen molar-refractivity contribution in [2.24, 2.45) is 0 Å². The first kappa shape index (κ1) is 13.5. The van der Waals surface area contributed by atoms with E-state index in [-0.39, 0.29) is 0 Å². The van der Waals surface area contributed by atoms with Crippen LogP contribution in [0.5, 0.6) is 0 Å². The number of amides is 2. The molecule has 2 rings (SSSR count). The van der Waals surface area contributed by atoms with Crippen LogP contribution < -0.4 is 5.01 Å². The minimum Gasteiger partial charge on any atom is -0.343 e. The minimum atomic E-state index is 0.655. The zero-order valence-corrected chi connectivity index (χ0v) is 11.2. The van der Waals surface area contributed by atoms with Crippen molar-refractivity contribution in [3.63, 3.8) is 0 Å². The van der Waals surface area contributed by atoms with Gasteiger partial charge in [0.25, 0.3) is 0 Å². The maximum absolute atomic E-state index is 11.4. The third-order valence-corrected chi connectivity index (χ3v) is 3.46. The Kier molecular flexibility index (Phi) is 4.52. The average molecular weight is 261 g/mol. The zero-order valence-electron chi connectivity index (χ0n) is 11.2. The monoisotopic (exact) mass is 261 g/mol. The second kappa shape index (κ2) is 6.33. The summed E-state index contributed by atoms with van der Waals surface area (Å²) in [4.78, 5) is 23.9. The lowest BCUT2D eigenvalue weighted by molar-refractivity contribution is -0.120. The van der Waals surface area contributed by atoms with Crippen molar-refractivity contribution < 1.29 is 9.59 Å². The molecule has 1 aliphatic heterocycles. The van der Waals surface area contributed by atoms with Gasteiger partial charge in [0.2, 0.25) is 12.8 Å². The fourth-order valence-electron chi connectivity index (χ4n) is 2.34. The maximum Gasteiger partial charge on any atom is 0.228 e. The Labute approximate surface area is 113 Å². The quantitative estimate of drug-likeness (QED) is 0.740. The molecule has 1 aromatic rings. The highest BCUT2D eigenvalue weighted by Crippen LogP contribution is 2.22. The van der Waals surface area contributed by atoms with Crippen LogP contribution in [0.2, 0.25) is 0 Å². The van der Waals surface area contributed by atoms with Gasteiger partial charge in [0, 0.05) is 26.2 Å². The van der Waals surface area contributed by atoms with E-state index in [0.717, 1.165) is 30.5 Å². The Bertz CT molecular complexity index is 442. The molecule has 0 bridgehead atoms. The molecule has 0 unspecified atom stereocenters. The molecule has 0 radical (unpaired) electrons. The number of benzene rings is 1. The van der Waals surface area contributed by atoms with E-state index < -0.39 is 0 Å². The lowest BCUT2D eigenvalue weighted by Crippen LogP contribution is -2.53. The van der Waals surface area contributed by atoms with Gasteiger partial charge in [-0.25, -0.2) is 10.0 Å². The van der Waals surface area contributed by atoms with E-state index in [1.807, 2.05) is 29.3 Å². The molecular weight excluding hydrogens is 242 g/mol. The summed E-state index contributed by atoms with van der Waals surface area (Å²) in [6, 6.07) is 7.91. The molecule has 0 aliphatic carbocycles. The maximum atomic E-state index is 11.4. The number of anilines is 1. The zero-order chi connectivity index (χ0) is 13.7. The number of piperazine rings is 1. The fourth-order valence-corrected chi connectivity index (χ4v) is 2.34. The Balaban J connectivity index is 2.16. The first-order valence-electron chi connectivity index (χ1n) is 6.56. The van der Waals surface area contributed by atoms with Crippen LogP contribution in [0.4, 0.5) is 5.69 Å². The minimum absolute atomic E-state index is 0.655. The average Bonchev–Trinajstić information content (AvgIpc) is 2.49. The van der Waals surface area contributed by atoms with Crippen LogP contribution in [-0.4, -0.2) is 48.9 Å². The SMILES string of the molecule is CCc1ccccc1N(C=O)N1CCN(C=O)CC1. The van der Waals surface area contributed by atoms with Gasteiger partial charge in [-0.15, -0.1) is 0 Å². The molecular formula is C14H19N3O2. The van der Waals surface area contributed by atoms with Crippen LogP contribution in [0, 0.1) is 0 Å². The van der Waals surface area contributed by atoms with Crippen molar-refractivity contribution in [3.8, 4) is 0 Å². The third-order valence-electron chi connectivity index (χ3n) is 3.46. The summed E-state index contributed by atoms with van der Waals surface area (Å²) in [5.41, 5.74) is 2.08. The molecule has 102 valence electrons. The molecule has 19 heavy (non-hydrogen) atoms. The molecule has 5 nitrogen and oxygen atoms in total. The summed E-state index contributed by atoms with van der Waals surface area (Å²) < 4.78 is 0. The summed E-state index contributed by atoms with van der Waals surface area (Å²) >= 11 is 0. The van der Waals surface area contributed by atoms with Crippen molar-refractivity contribution in [1.82, 2.24) is 9.91 Å². The molecule has 1 saturated heterocycles. The van der Waals surface area contributed by atoms with E-state index in [1.165, 1.54) is 0 Å². The van der Waals surface area contributed by atoms with Gasteiger partial charge in [-0.3, -0.25) is 9.59 Å². The van der Waals surface area contributed by atoms with Gasteiger partial charge in [-0.1, -0.05) is 25.1 Å². The molecule has 0 saturated carbocycles. The Morgan fingerprint density at radius 3 is 2.42 bits per heavy atom. The van der Waals surface area contributed by atoms with Crippen molar-refractivity contribution in [2.75, 3.05) is 31.2 Å². The van der Waals surface area contributed by atoms with Gasteiger partial charge in [0.05, 0.1) is 5.69 Å². The van der Waals surface area contributed by atoms with Crippen molar-refractivity contribution in [1.29, 1.82) is 0 Å². The Morgan fingerprint density at radius 2 is 1.84 bits per heavy atom. The first-order chi connectivity index (χ1) is 9.30. The highest BCUT2D eigenvalue weighted by atomic mass is 16.2. The number of aryl methyl sites for hydroxylation is 1. The summed E-state index contributed by atoms with van der Waals surface area (Å²) in [5.74, 6) is 0. The van der Waals surface area contributed by atoms with Crippen LogP contribution in [0.3, 0.4) is 0 Å². The van der Waals surface area contributed by atoms with E-state index in [1.54, 1.807) is 9.91 Å². The molecule has 0 aromatic heterocycles. The molecule has 1 fully saturated rings. The summed E-state index contributed by atoms with van der Waals surface area (Å²) in [6.07, 6.45) is 2.60. The van der Waals surface area contributed by atoms with Gasteiger partial charge in [0.15, 0.2) is 0 Å². The molecule has 2 amide bonds. The van der Waals surface area contributed by atoms with Gasteiger partial charge >= 0.3 is 0 Å². The standard InChI is InChI=1S/C14H19N3O2/c1-2-13-5-3-4-6-14(13)17(12-19)16-9-7-15(11-18)8-10-16/h3-6,11-12H,2,7-10H2,1H3. The van der Waals surface area contributed by atoms with Gasteiger partial charge in [0.1, 0.15) is 0 Å². The van der Waals surface area contributed by atoms with Gasteiger partial charge < -0.3 is 4.90 Å². The first-order valence-corrected chi connectivity index (χ1v) is 6.56. The van der Waals surface area contributed by atoms with Crippen molar-refractivity contribution in [3.05, 3.63) is 29.8 Å². The number of nitrogens with zero attached hydrogens (tertiary/aromatic N) is 3. The number of hydrazine groups is 1. The molecule has 0 N–H and O–H groups in total. The van der Waals surface area contributed by atoms with Crippen LogP contribution in [0.1, 0.15) is 12.5 Å². The highest BCUT2D eigenvalue weighted by molar-refractivity contribution is 5.75. The van der Waals surface area contributed by atoms with E-state index >= 15 is 0 Å². The van der Waals surface area contributed by atoms with Crippen LogP contribution in [0.25, 0.3) is 0 Å². The van der Waals surface area contributed by atoms with Crippen LogP contribution >= 0.6 is 0 Å². The van der Waals surface area contributed by atoms with Crippen LogP contribution in [0.15, 0.2) is 24.3 Å². The fraction of sp³-hybridized carbons (Fsp3) is 0.429. The summed E-state index contributed by atoms with van der Waals surface area (Å²) in [5, 5.41) is 3.66. The number of rotatable bonds is 5. The number of carbonyl (C=O) groups is 2. The van der Waals surface area contributed by atoms with E-state index in [9.17, 15) is 9.59 Å². The van der Waals surface area contributed by atoms with E-state index in [4.69, 9.17) is 0 Å². The normalized spacial score (nSPS) is 16.2. The lowest BCUT2D eigenvalue weighted by Gasteiger charge is -2.38. The Hall–Kier alpha value is -1.88. The molecule has 1 aromatic carbocycles. The van der Waals surface area contributed by atoms with Crippen molar-refractivity contribution >= 4 is 18.5 Å². The Morgan fingerprint density at radius 1 is 1.16 bits per heavy atom. The predicted molar refractivity (Wildman–Crippen MR) is 73.6 cm³/mol. The third kappa shape index (κ3) is 2.93. The number of carbonyl (C=O) groups excluding carboxylic acids is 2. The van der Waals surface area contributed by atoms with Crippen molar-refractivity contribution in [2.45, 2.75) is 13.3 Å². The largest absolute Gasteiger partial charge is 0.343 e. The van der Waals surface area contributed by atoms with E-state index in [2.05, 4.69) is 6.92 Å². The lowest BCUT2D eigenvalue weighted by atomic mass is 10.1. The summed E-state index contributed by atoms with van der Waals surface area (Å²) in [6.45, 7) is 4.74. The second-order valence-electron chi connectivity index (χ2n) is 4.53. The molecule has 0 atom stereocenters.